The lowest BCUT2D eigenvalue weighted by atomic mass is 9.85. The number of aromatic amines is 1. The number of thioether (sulfide) groups is 1. The monoisotopic (exact) mass is 439 g/mol. The van der Waals surface area contributed by atoms with Gasteiger partial charge in [0, 0.05) is 18.5 Å². The van der Waals surface area contributed by atoms with Gasteiger partial charge in [0.1, 0.15) is 12.1 Å². The number of rotatable bonds is 8. The molecule has 1 aliphatic carbocycles. The first-order chi connectivity index (χ1) is 14.6. The minimum Gasteiger partial charge on any atom is -0.483 e. The number of furan rings is 1. The second-order valence-corrected chi connectivity index (χ2v) is 7.45. The van der Waals surface area contributed by atoms with Crippen LogP contribution in [-0.4, -0.2) is 62.9 Å². The van der Waals surface area contributed by atoms with Gasteiger partial charge in [-0.25, -0.2) is 4.98 Å². The number of nitrogens with zero attached hydrogens (tertiary/aromatic N) is 2. The quantitative estimate of drug-likeness (QED) is 0.294. The van der Waals surface area contributed by atoms with Gasteiger partial charge in [-0.15, -0.1) is 0 Å². The fraction of sp³-hybridized carbons (Fsp3) is 0.500. The number of hydrogen-bond acceptors (Lipinski definition) is 8. The van der Waals surface area contributed by atoms with Crippen LogP contribution in [0.1, 0.15) is 42.0 Å². The van der Waals surface area contributed by atoms with Gasteiger partial charge in [0.05, 0.1) is 12.4 Å². The number of carbonyl (C=O) groups is 3. The van der Waals surface area contributed by atoms with E-state index in [0.29, 0.717) is 16.7 Å². The molecule has 0 spiro atoms. The molecule has 0 unspecified atom stereocenters. The van der Waals surface area contributed by atoms with Crippen molar-refractivity contribution in [2.45, 2.75) is 42.6 Å². The van der Waals surface area contributed by atoms with Crippen LogP contribution in [0, 0.1) is 5.92 Å². The Morgan fingerprint density at radius 3 is 2.67 bits per heavy atom. The predicted molar refractivity (Wildman–Crippen MR) is 107 cm³/mol. The standard InChI is InChI=1S/C17H23N5O4S.CH2O2/c23-8-7-18-15(24)11-1-3-12(4-2-11)21-16(25)14-6-5-13(26-14)9-27-17-19-10-20-22-17;2-1-3/h5-6,10-12,23H,1-4,7-9H2,(H,18,24)(H,21,25)(H,19,20,22);1H,(H,2,3). The highest BCUT2D eigenvalue weighted by molar-refractivity contribution is 7.98. The third-order valence-corrected chi connectivity index (χ3v) is 5.37. The molecule has 0 aromatic carbocycles. The lowest BCUT2D eigenvalue weighted by Gasteiger charge is -2.28. The van der Waals surface area contributed by atoms with Crippen molar-refractivity contribution < 1.29 is 29.0 Å². The molecule has 30 heavy (non-hydrogen) atoms. The Hall–Kier alpha value is -2.86. The molecule has 0 atom stereocenters. The largest absolute Gasteiger partial charge is 0.483 e. The maximum atomic E-state index is 12.4. The lowest BCUT2D eigenvalue weighted by molar-refractivity contribution is -0.126. The van der Waals surface area contributed by atoms with E-state index in [1.54, 1.807) is 12.1 Å². The van der Waals surface area contributed by atoms with Crippen LogP contribution < -0.4 is 10.6 Å². The third kappa shape index (κ3) is 7.52. The van der Waals surface area contributed by atoms with E-state index in [1.807, 2.05) is 0 Å². The highest BCUT2D eigenvalue weighted by atomic mass is 32.2. The first-order valence-electron chi connectivity index (χ1n) is 9.41. The molecule has 1 saturated carbocycles. The summed E-state index contributed by atoms with van der Waals surface area (Å²) in [5, 5.41) is 28.6. The predicted octanol–water partition coefficient (Wildman–Crippen LogP) is 0.788. The molecule has 164 valence electrons. The molecular weight excluding hydrogens is 414 g/mol. The van der Waals surface area contributed by atoms with Crippen molar-refractivity contribution in [2.75, 3.05) is 13.2 Å². The fourth-order valence-electron chi connectivity index (χ4n) is 3.06. The van der Waals surface area contributed by atoms with E-state index in [1.165, 1.54) is 18.1 Å². The van der Waals surface area contributed by atoms with Crippen LogP contribution in [0.25, 0.3) is 0 Å². The zero-order valence-corrected chi connectivity index (χ0v) is 17.1. The van der Waals surface area contributed by atoms with E-state index in [0.717, 1.165) is 25.7 Å². The molecule has 0 saturated heterocycles. The van der Waals surface area contributed by atoms with E-state index in [-0.39, 0.29) is 49.2 Å². The SMILES string of the molecule is O=C(NC1CCC(C(=O)NCCO)CC1)c1ccc(CSc2ncn[nH]2)o1.O=CO. The van der Waals surface area contributed by atoms with Crippen LogP contribution in [0.3, 0.4) is 0 Å². The van der Waals surface area contributed by atoms with E-state index in [4.69, 9.17) is 19.4 Å². The molecule has 2 heterocycles. The van der Waals surface area contributed by atoms with Gasteiger partial charge in [-0.1, -0.05) is 11.8 Å². The molecule has 12 heteroatoms. The highest BCUT2D eigenvalue weighted by Gasteiger charge is 2.27. The van der Waals surface area contributed by atoms with Crippen LogP contribution >= 0.6 is 11.8 Å². The van der Waals surface area contributed by atoms with Gasteiger partial charge in [0.15, 0.2) is 10.9 Å². The molecule has 3 rings (SSSR count). The number of aliphatic hydroxyl groups is 1. The van der Waals surface area contributed by atoms with Crippen molar-refractivity contribution in [3.8, 4) is 0 Å². The van der Waals surface area contributed by atoms with E-state index >= 15 is 0 Å². The Morgan fingerprint density at radius 1 is 1.30 bits per heavy atom. The van der Waals surface area contributed by atoms with Gasteiger partial charge in [-0.05, 0) is 37.8 Å². The van der Waals surface area contributed by atoms with Crippen LogP contribution in [0.4, 0.5) is 0 Å². The summed E-state index contributed by atoms with van der Waals surface area (Å²) in [7, 11) is 0. The summed E-state index contributed by atoms with van der Waals surface area (Å²) >= 11 is 1.44. The first-order valence-corrected chi connectivity index (χ1v) is 10.4. The number of nitrogens with one attached hydrogen (secondary N) is 3. The molecule has 2 aromatic rings. The molecule has 11 nitrogen and oxygen atoms in total. The molecule has 5 N–H and O–H groups in total. The van der Waals surface area contributed by atoms with Crippen molar-refractivity contribution in [3.05, 3.63) is 30.0 Å². The lowest BCUT2D eigenvalue weighted by Crippen LogP contribution is -2.41. The second-order valence-electron chi connectivity index (χ2n) is 6.49. The van der Waals surface area contributed by atoms with Gasteiger partial charge in [-0.2, -0.15) is 5.10 Å². The zero-order chi connectivity index (χ0) is 21.8. The minimum atomic E-state index is -0.250. The first kappa shape index (κ1) is 23.4. The van der Waals surface area contributed by atoms with Crippen molar-refractivity contribution in [2.24, 2.45) is 5.92 Å². The summed E-state index contributed by atoms with van der Waals surface area (Å²) in [5.41, 5.74) is 0. The van der Waals surface area contributed by atoms with E-state index in [9.17, 15) is 9.59 Å². The number of carbonyl (C=O) groups excluding carboxylic acids is 2. The molecular formula is C18H25N5O6S. The minimum absolute atomic E-state index is 0.0197. The molecule has 0 bridgehead atoms. The molecule has 0 radical (unpaired) electrons. The Morgan fingerprint density at radius 2 is 2.03 bits per heavy atom. The molecule has 1 fully saturated rings. The van der Waals surface area contributed by atoms with Crippen LogP contribution in [-0.2, 0) is 15.3 Å². The van der Waals surface area contributed by atoms with Crippen LogP contribution in [0.15, 0.2) is 28.0 Å². The van der Waals surface area contributed by atoms with Gasteiger partial charge in [0.2, 0.25) is 5.91 Å². The summed E-state index contributed by atoms with van der Waals surface area (Å²) < 4.78 is 5.61. The molecule has 2 aromatic heterocycles. The van der Waals surface area contributed by atoms with Crippen molar-refractivity contribution >= 4 is 30.0 Å². The van der Waals surface area contributed by atoms with Gasteiger partial charge < -0.3 is 25.3 Å². The summed E-state index contributed by atoms with van der Waals surface area (Å²) in [4.78, 5) is 36.7. The average Bonchev–Trinajstić information content (AvgIpc) is 3.43. The average molecular weight is 439 g/mol. The third-order valence-electron chi connectivity index (χ3n) is 4.47. The topological polar surface area (TPSA) is 170 Å². The summed E-state index contributed by atoms with van der Waals surface area (Å²) in [6.45, 7) is -0.0236. The molecule has 0 aliphatic heterocycles. The Labute approximate surface area is 177 Å². The van der Waals surface area contributed by atoms with E-state index in [2.05, 4.69) is 25.8 Å². The van der Waals surface area contributed by atoms with Crippen molar-refractivity contribution in [3.63, 3.8) is 0 Å². The normalized spacial score (nSPS) is 18.0. The maximum Gasteiger partial charge on any atom is 0.290 e. The van der Waals surface area contributed by atoms with Crippen LogP contribution in [0.5, 0.6) is 0 Å². The van der Waals surface area contributed by atoms with Gasteiger partial charge in [0.25, 0.3) is 12.4 Å². The zero-order valence-electron chi connectivity index (χ0n) is 16.2. The number of carboxylic acid groups (broad SMARTS) is 1. The Balaban J connectivity index is 0.00000101. The van der Waals surface area contributed by atoms with E-state index < -0.39 is 0 Å². The van der Waals surface area contributed by atoms with Crippen LogP contribution in [0.2, 0.25) is 0 Å². The fourth-order valence-corrected chi connectivity index (χ4v) is 3.73. The summed E-state index contributed by atoms with van der Waals surface area (Å²) in [5.74, 6) is 1.22. The maximum absolute atomic E-state index is 12.4. The van der Waals surface area contributed by atoms with Crippen molar-refractivity contribution in [1.82, 2.24) is 25.8 Å². The van der Waals surface area contributed by atoms with Crippen molar-refractivity contribution in [1.29, 1.82) is 0 Å². The number of aliphatic hydroxyl groups excluding tert-OH is 1. The Kier molecular flexibility index (Phi) is 9.87. The number of hydrogen-bond donors (Lipinski definition) is 5. The Bertz CT molecular complexity index is 789. The second kappa shape index (κ2) is 12.6. The summed E-state index contributed by atoms with van der Waals surface area (Å²) in [6.07, 6.45) is 4.38. The highest BCUT2D eigenvalue weighted by Crippen LogP contribution is 2.25. The molecule has 2 amide bonds. The van der Waals surface area contributed by atoms with Gasteiger partial charge in [-0.3, -0.25) is 19.5 Å². The number of amides is 2. The number of H-pyrrole nitrogens is 1. The summed E-state index contributed by atoms with van der Waals surface area (Å²) in [6, 6.07) is 3.48. The smallest absolute Gasteiger partial charge is 0.290 e. The molecule has 1 aliphatic rings. The van der Waals surface area contributed by atoms with Gasteiger partial charge >= 0.3 is 0 Å². The number of aromatic nitrogens is 3.